The van der Waals surface area contributed by atoms with Gasteiger partial charge in [-0.05, 0) is 46.5 Å². The number of nitrogens with zero attached hydrogens (tertiary/aromatic N) is 3. The molecule has 2 amide bonds. The monoisotopic (exact) mass is 480 g/mol. The quantitative estimate of drug-likeness (QED) is 0.416. The lowest BCUT2D eigenvalue weighted by molar-refractivity contribution is -0.125. The van der Waals surface area contributed by atoms with Crippen LogP contribution in [0.4, 0.5) is 11.5 Å². The van der Waals surface area contributed by atoms with Crippen molar-refractivity contribution in [2.45, 2.75) is 19.0 Å². The number of fused-ring (bicyclic) bond motifs is 5. The summed E-state index contributed by atoms with van der Waals surface area (Å²) in [7, 11) is 1.97. The largest absolute Gasteiger partial charge is 0.380 e. The van der Waals surface area contributed by atoms with Gasteiger partial charge in [-0.2, -0.15) is 0 Å². The number of aromatic nitrogens is 3. The molecule has 0 radical (unpaired) electrons. The second kappa shape index (κ2) is 7.89. The van der Waals surface area contributed by atoms with E-state index in [-0.39, 0.29) is 23.7 Å². The second-order valence-electron chi connectivity index (χ2n) is 9.55. The van der Waals surface area contributed by atoms with Crippen molar-refractivity contribution in [3.8, 4) is 11.1 Å². The lowest BCUT2D eigenvalue weighted by Gasteiger charge is -2.17. The first-order valence-corrected chi connectivity index (χ1v) is 12.1. The molecule has 0 unspecified atom stereocenters. The normalized spacial score (nSPS) is 20.4. The van der Waals surface area contributed by atoms with E-state index in [0.29, 0.717) is 43.4 Å². The zero-order chi connectivity index (χ0) is 24.4. The zero-order valence-electron chi connectivity index (χ0n) is 19.7. The van der Waals surface area contributed by atoms with E-state index in [4.69, 9.17) is 9.72 Å². The van der Waals surface area contributed by atoms with Crippen LogP contribution < -0.4 is 16.0 Å². The van der Waals surface area contributed by atoms with Gasteiger partial charge in [-0.3, -0.25) is 9.59 Å². The molecular weight excluding hydrogens is 456 g/mol. The fourth-order valence-corrected chi connectivity index (χ4v) is 5.72. The lowest BCUT2D eigenvalue weighted by Crippen LogP contribution is -2.30. The van der Waals surface area contributed by atoms with Gasteiger partial charge in [0.2, 0.25) is 5.91 Å². The molecule has 3 aliphatic heterocycles. The van der Waals surface area contributed by atoms with Crippen molar-refractivity contribution >= 4 is 34.4 Å². The fraction of sp³-hybridized carbons (Fsp3) is 0.259. The molecule has 0 saturated carbocycles. The van der Waals surface area contributed by atoms with Crippen LogP contribution in [0.2, 0.25) is 0 Å². The third kappa shape index (κ3) is 3.12. The number of amides is 2. The number of anilines is 2. The fourth-order valence-electron chi connectivity index (χ4n) is 5.72. The van der Waals surface area contributed by atoms with Crippen molar-refractivity contribution in [3.05, 3.63) is 71.2 Å². The number of aryl methyl sites for hydroxylation is 1. The van der Waals surface area contributed by atoms with Gasteiger partial charge in [0.25, 0.3) is 5.91 Å². The summed E-state index contributed by atoms with van der Waals surface area (Å²) in [6.07, 6.45) is 3.80. The molecule has 6 heterocycles. The van der Waals surface area contributed by atoms with Gasteiger partial charge in [-0.15, -0.1) is 0 Å². The maximum atomic E-state index is 12.9. The molecular formula is C27H24N6O3. The van der Waals surface area contributed by atoms with Crippen LogP contribution in [0.1, 0.15) is 33.1 Å². The molecule has 0 aliphatic carbocycles. The highest BCUT2D eigenvalue weighted by Gasteiger charge is 2.38. The van der Waals surface area contributed by atoms with Crippen LogP contribution in [0.3, 0.4) is 0 Å². The summed E-state index contributed by atoms with van der Waals surface area (Å²) in [6, 6.07) is 12.0. The van der Waals surface area contributed by atoms with Gasteiger partial charge < -0.3 is 25.3 Å². The predicted molar refractivity (Wildman–Crippen MR) is 134 cm³/mol. The highest BCUT2D eigenvalue weighted by atomic mass is 16.5. The highest BCUT2D eigenvalue weighted by molar-refractivity contribution is 6.07. The van der Waals surface area contributed by atoms with E-state index in [2.05, 4.69) is 27.0 Å². The summed E-state index contributed by atoms with van der Waals surface area (Å²) in [4.78, 5) is 34.7. The van der Waals surface area contributed by atoms with Crippen LogP contribution in [-0.2, 0) is 29.7 Å². The van der Waals surface area contributed by atoms with Crippen molar-refractivity contribution < 1.29 is 14.3 Å². The van der Waals surface area contributed by atoms with Crippen LogP contribution >= 0.6 is 0 Å². The molecule has 3 aromatic heterocycles. The molecule has 180 valence electrons. The van der Waals surface area contributed by atoms with Crippen LogP contribution in [0, 0.1) is 5.92 Å². The van der Waals surface area contributed by atoms with Crippen LogP contribution in [0.5, 0.6) is 0 Å². The number of rotatable bonds is 3. The van der Waals surface area contributed by atoms with Crippen molar-refractivity contribution in [3.63, 3.8) is 0 Å². The maximum Gasteiger partial charge on any atom is 0.254 e. The van der Waals surface area contributed by atoms with Gasteiger partial charge in [-0.1, -0.05) is 12.1 Å². The van der Waals surface area contributed by atoms with Gasteiger partial charge in [0, 0.05) is 37.3 Å². The maximum absolute atomic E-state index is 12.9. The molecule has 0 bridgehead atoms. The van der Waals surface area contributed by atoms with Crippen molar-refractivity contribution in [2.24, 2.45) is 13.0 Å². The third-order valence-electron chi connectivity index (χ3n) is 7.54. The molecule has 1 saturated heterocycles. The lowest BCUT2D eigenvalue weighted by atomic mass is 9.88. The Morgan fingerprint density at radius 1 is 1.00 bits per heavy atom. The van der Waals surface area contributed by atoms with Gasteiger partial charge in [-0.25, -0.2) is 9.97 Å². The Labute approximate surface area is 206 Å². The number of carbonyl (C=O) groups excluding carboxylic acids is 2. The predicted octanol–water partition coefficient (Wildman–Crippen LogP) is 2.98. The number of nitrogens with one attached hydrogen (secondary N) is 3. The smallest absolute Gasteiger partial charge is 0.254 e. The minimum Gasteiger partial charge on any atom is -0.380 e. The summed E-state index contributed by atoms with van der Waals surface area (Å²) in [5.41, 5.74) is 7.12. The van der Waals surface area contributed by atoms with E-state index in [1.165, 1.54) is 0 Å². The minimum absolute atomic E-state index is 0.0127. The SMILES string of the molecule is Cn1ccc2c(-c3ccc(Nc4ccc5c(n4)CNC(=O)[C@@H]4COC[C@@H]54)c4c3CNC4=O)ccnc21. The molecule has 1 fully saturated rings. The Balaban J connectivity index is 1.27. The molecule has 3 aliphatic rings. The molecule has 4 aromatic rings. The average molecular weight is 481 g/mol. The number of carbonyl (C=O) groups is 2. The van der Waals surface area contributed by atoms with Gasteiger partial charge >= 0.3 is 0 Å². The molecule has 0 spiro atoms. The molecule has 3 N–H and O–H groups in total. The van der Waals surface area contributed by atoms with Crippen LogP contribution in [-0.4, -0.2) is 39.6 Å². The molecule has 7 rings (SSSR count). The minimum atomic E-state index is -0.171. The first-order valence-electron chi connectivity index (χ1n) is 12.1. The Morgan fingerprint density at radius 2 is 1.89 bits per heavy atom. The number of pyridine rings is 2. The van der Waals surface area contributed by atoms with Crippen LogP contribution in [0.15, 0.2) is 48.8 Å². The first-order chi connectivity index (χ1) is 17.6. The summed E-state index contributed by atoms with van der Waals surface area (Å²) < 4.78 is 7.58. The molecule has 2 atom stereocenters. The Morgan fingerprint density at radius 3 is 2.81 bits per heavy atom. The summed E-state index contributed by atoms with van der Waals surface area (Å²) >= 11 is 0. The van der Waals surface area contributed by atoms with E-state index < -0.39 is 0 Å². The Hall–Kier alpha value is -4.24. The number of benzene rings is 1. The number of hydrogen-bond donors (Lipinski definition) is 3. The van der Waals surface area contributed by atoms with E-state index in [1.54, 1.807) is 6.20 Å². The molecule has 1 aromatic carbocycles. The average Bonchev–Trinajstić information content (AvgIpc) is 3.61. The molecule has 9 nitrogen and oxygen atoms in total. The molecule has 36 heavy (non-hydrogen) atoms. The Bertz CT molecular complexity index is 1580. The van der Waals surface area contributed by atoms with E-state index in [9.17, 15) is 9.59 Å². The van der Waals surface area contributed by atoms with Gasteiger partial charge in [0.15, 0.2) is 0 Å². The summed E-state index contributed by atoms with van der Waals surface area (Å²) in [5, 5.41) is 10.4. The van der Waals surface area contributed by atoms with Crippen molar-refractivity contribution in [1.29, 1.82) is 0 Å². The van der Waals surface area contributed by atoms with Crippen molar-refractivity contribution in [1.82, 2.24) is 25.2 Å². The van der Waals surface area contributed by atoms with E-state index in [0.717, 1.165) is 39.0 Å². The van der Waals surface area contributed by atoms with Crippen LogP contribution in [0.25, 0.3) is 22.2 Å². The number of hydrogen-bond acceptors (Lipinski definition) is 6. The highest BCUT2D eigenvalue weighted by Crippen LogP contribution is 2.39. The van der Waals surface area contributed by atoms with Crippen molar-refractivity contribution in [2.75, 3.05) is 18.5 Å². The number of ether oxygens (including phenoxy) is 1. The summed E-state index contributed by atoms with van der Waals surface area (Å²) in [6.45, 7) is 1.81. The van der Waals surface area contributed by atoms with E-state index in [1.807, 2.05) is 48.1 Å². The first kappa shape index (κ1) is 21.1. The van der Waals surface area contributed by atoms with Gasteiger partial charge in [0.1, 0.15) is 11.5 Å². The van der Waals surface area contributed by atoms with Gasteiger partial charge in [0.05, 0.1) is 42.6 Å². The molecule has 9 heteroatoms. The zero-order valence-corrected chi connectivity index (χ0v) is 19.7. The Kier molecular flexibility index (Phi) is 4.62. The topological polar surface area (TPSA) is 110 Å². The van der Waals surface area contributed by atoms with E-state index >= 15 is 0 Å². The standard InChI is InChI=1S/C27H24N6O3/c1-33-9-7-17-15(6-8-28-25(17)33)14-2-4-21(24-18(14)10-29-27(24)35)31-23-5-3-16-19-12-36-13-20(19)26(34)30-11-22(16)32-23/h2-9,19-20H,10-13H2,1H3,(H,29,35)(H,30,34)(H,31,32)/t19-,20+/m0/s1. The second-order valence-corrected chi connectivity index (χ2v) is 9.55. The third-order valence-corrected chi connectivity index (χ3v) is 7.54. The summed E-state index contributed by atoms with van der Waals surface area (Å²) in [5.74, 6) is 0.382.